The van der Waals surface area contributed by atoms with Crippen LogP contribution in [0.1, 0.15) is 39.0 Å². The fraction of sp³-hybridized carbons (Fsp3) is 0.348. The van der Waals surface area contributed by atoms with Gasteiger partial charge in [0, 0.05) is 19.1 Å². The monoisotopic (exact) mass is 428 g/mol. The number of hydrogen-bond acceptors (Lipinski definition) is 4. The highest BCUT2D eigenvalue weighted by Crippen LogP contribution is 2.33. The summed E-state index contributed by atoms with van der Waals surface area (Å²) in [6.45, 7) is 6.37. The van der Waals surface area contributed by atoms with Gasteiger partial charge in [-0.2, -0.15) is 13.2 Å². The first-order valence-electron chi connectivity index (χ1n) is 10.1. The summed E-state index contributed by atoms with van der Waals surface area (Å²) in [6.07, 6.45) is -2.31. The molecule has 0 spiro atoms. The number of carbonyl (C=O) groups is 1. The highest BCUT2D eigenvalue weighted by atomic mass is 19.4. The van der Waals surface area contributed by atoms with Gasteiger partial charge in [-0.3, -0.25) is 9.78 Å². The Morgan fingerprint density at radius 1 is 1.16 bits per heavy atom. The van der Waals surface area contributed by atoms with Crippen LogP contribution in [0, 0.1) is 20.8 Å². The second-order valence-electron chi connectivity index (χ2n) is 8.06. The fourth-order valence-corrected chi connectivity index (χ4v) is 3.92. The summed E-state index contributed by atoms with van der Waals surface area (Å²) in [5, 5.41) is 3.27. The van der Waals surface area contributed by atoms with Crippen LogP contribution in [-0.4, -0.2) is 39.9 Å². The molecule has 0 saturated carbocycles. The number of amides is 1. The van der Waals surface area contributed by atoms with E-state index < -0.39 is 17.6 Å². The molecule has 1 aliphatic heterocycles. The first-order valence-corrected chi connectivity index (χ1v) is 10.1. The van der Waals surface area contributed by atoms with E-state index in [9.17, 15) is 18.0 Å². The van der Waals surface area contributed by atoms with Crippen LogP contribution in [0.25, 0.3) is 11.0 Å². The van der Waals surface area contributed by atoms with Crippen molar-refractivity contribution < 1.29 is 18.0 Å². The van der Waals surface area contributed by atoms with Crippen molar-refractivity contribution in [2.75, 3.05) is 18.4 Å². The van der Waals surface area contributed by atoms with E-state index in [2.05, 4.69) is 15.3 Å². The van der Waals surface area contributed by atoms with Crippen molar-refractivity contribution in [3.8, 4) is 0 Å². The largest absolute Gasteiger partial charge is 0.417 e. The van der Waals surface area contributed by atoms with Crippen LogP contribution < -0.4 is 5.32 Å². The zero-order chi connectivity index (χ0) is 22.3. The maximum Gasteiger partial charge on any atom is 0.417 e. The van der Waals surface area contributed by atoms with Crippen LogP contribution in [-0.2, 0) is 6.18 Å². The topological polar surface area (TPSA) is 58.1 Å². The quantitative estimate of drug-likeness (QED) is 0.645. The molecule has 0 aliphatic carbocycles. The number of rotatable bonds is 3. The molecule has 31 heavy (non-hydrogen) atoms. The lowest BCUT2D eigenvalue weighted by atomic mass is 10.0. The molecule has 3 aromatic rings. The molecule has 0 radical (unpaired) electrons. The zero-order valence-corrected chi connectivity index (χ0v) is 17.5. The normalized spacial score (nSPS) is 16.7. The number of aromatic nitrogens is 2. The van der Waals surface area contributed by atoms with Gasteiger partial charge < -0.3 is 10.2 Å². The molecule has 1 aromatic heterocycles. The van der Waals surface area contributed by atoms with Crippen molar-refractivity contribution in [2.45, 2.75) is 39.4 Å². The summed E-state index contributed by atoms with van der Waals surface area (Å²) in [7, 11) is 0. The van der Waals surface area contributed by atoms with Crippen molar-refractivity contribution in [1.29, 1.82) is 0 Å². The van der Waals surface area contributed by atoms with E-state index in [4.69, 9.17) is 0 Å². The number of likely N-dealkylation sites (tertiary alicyclic amines) is 1. The van der Waals surface area contributed by atoms with E-state index in [1.165, 1.54) is 17.0 Å². The second kappa shape index (κ2) is 7.83. The number of alkyl halides is 3. The Hall–Kier alpha value is -3.16. The first kappa shape index (κ1) is 21.1. The lowest BCUT2D eigenvalue weighted by molar-refractivity contribution is -0.138. The highest BCUT2D eigenvalue weighted by Gasteiger charge is 2.37. The zero-order valence-electron chi connectivity index (χ0n) is 17.5. The maximum absolute atomic E-state index is 13.4. The molecule has 4 rings (SSSR count). The summed E-state index contributed by atoms with van der Waals surface area (Å²) in [5.41, 5.74) is 3.24. The van der Waals surface area contributed by atoms with Gasteiger partial charge in [-0.25, -0.2) is 4.98 Å². The third kappa shape index (κ3) is 4.19. The summed E-state index contributed by atoms with van der Waals surface area (Å²) in [4.78, 5) is 23.4. The molecular formula is C23H23F3N4O. The van der Waals surface area contributed by atoms with Crippen LogP contribution in [0.3, 0.4) is 0 Å². The van der Waals surface area contributed by atoms with Crippen LogP contribution in [0.5, 0.6) is 0 Å². The molecule has 1 aliphatic rings. The lowest BCUT2D eigenvalue weighted by Gasteiger charge is -2.20. The molecule has 1 N–H and O–H groups in total. The molecule has 162 valence electrons. The van der Waals surface area contributed by atoms with Crippen LogP contribution in [0.15, 0.2) is 36.5 Å². The predicted molar refractivity (Wildman–Crippen MR) is 113 cm³/mol. The lowest BCUT2D eigenvalue weighted by Crippen LogP contribution is -2.33. The number of nitrogens with one attached hydrogen (secondary N) is 1. The minimum Gasteiger partial charge on any atom is -0.364 e. The molecule has 1 saturated heterocycles. The number of fused-ring (bicyclic) bond motifs is 1. The molecule has 1 fully saturated rings. The molecule has 1 amide bonds. The molecule has 1 atom stereocenters. The number of aryl methyl sites for hydroxylation is 3. The SMILES string of the molecule is Cc1ccc(C(F)(F)F)c(C(=O)N2CC[C@@H](Nc3cnc4c(C)c(C)ccc4n3)C2)c1. The number of nitrogens with zero attached hydrogens (tertiary/aromatic N) is 3. The standard InChI is InChI=1S/C23H23F3N4O/c1-13-4-6-18(23(24,25)26)17(10-13)22(31)30-9-8-16(12-30)28-20-11-27-21-15(3)14(2)5-7-19(21)29-20/h4-7,10-11,16H,8-9,12H2,1-3H3,(H,28,29)/t16-/m1/s1. The summed E-state index contributed by atoms with van der Waals surface area (Å²) in [5.74, 6) is -0.0161. The van der Waals surface area contributed by atoms with Crippen molar-refractivity contribution in [2.24, 2.45) is 0 Å². The summed E-state index contributed by atoms with van der Waals surface area (Å²) < 4.78 is 40.1. The van der Waals surface area contributed by atoms with E-state index in [0.29, 0.717) is 30.9 Å². The van der Waals surface area contributed by atoms with Gasteiger partial charge in [0.1, 0.15) is 5.82 Å². The van der Waals surface area contributed by atoms with Crippen molar-refractivity contribution in [1.82, 2.24) is 14.9 Å². The third-order valence-electron chi connectivity index (χ3n) is 5.78. The Labute approximate surface area is 178 Å². The first-order chi connectivity index (χ1) is 14.6. The van der Waals surface area contributed by atoms with Gasteiger partial charge in [0.15, 0.2) is 0 Å². The average molecular weight is 428 g/mol. The Kier molecular flexibility index (Phi) is 5.33. The molecule has 8 heteroatoms. The van der Waals surface area contributed by atoms with E-state index in [1.807, 2.05) is 26.0 Å². The van der Waals surface area contributed by atoms with Gasteiger partial charge in [-0.05, 0) is 56.5 Å². The number of halogens is 3. The second-order valence-corrected chi connectivity index (χ2v) is 8.06. The summed E-state index contributed by atoms with van der Waals surface area (Å²) in [6, 6.07) is 7.45. The number of anilines is 1. The Bertz CT molecular complexity index is 1160. The van der Waals surface area contributed by atoms with E-state index in [-0.39, 0.29) is 11.6 Å². The van der Waals surface area contributed by atoms with Gasteiger partial charge in [0.05, 0.1) is 28.4 Å². The van der Waals surface area contributed by atoms with Crippen LogP contribution in [0.4, 0.5) is 19.0 Å². The Balaban J connectivity index is 1.50. The van der Waals surface area contributed by atoms with Gasteiger partial charge >= 0.3 is 6.18 Å². The van der Waals surface area contributed by atoms with Gasteiger partial charge in [0.25, 0.3) is 5.91 Å². The van der Waals surface area contributed by atoms with Crippen LogP contribution in [0.2, 0.25) is 0 Å². The smallest absolute Gasteiger partial charge is 0.364 e. The number of hydrogen-bond donors (Lipinski definition) is 1. The maximum atomic E-state index is 13.4. The number of carbonyl (C=O) groups excluding carboxylic acids is 1. The molecular weight excluding hydrogens is 405 g/mol. The van der Waals surface area contributed by atoms with E-state index in [1.54, 1.807) is 13.1 Å². The molecule has 2 aromatic carbocycles. The predicted octanol–water partition coefficient (Wildman–Crippen LogP) is 4.90. The van der Waals surface area contributed by atoms with Gasteiger partial charge in [0.2, 0.25) is 0 Å². The molecule has 5 nitrogen and oxygen atoms in total. The highest BCUT2D eigenvalue weighted by molar-refractivity contribution is 5.96. The molecule has 0 bridgehead atoms. The minimum absolute atomic E-state index is 0.110. The van der Waals surface area contributed by atoms with Crippen LogP contribution >= 0.6 is 0 Å². The molecule has 0 unspecified atom stereocenters. The van der Waals surface area contributed by atoms with E-state index in [0.717, 1.165) is 28.2 Å². The van der Waals surface area contributed by atoms with Gasteiger partial charge in [-0.1, -0.05) is 17.7 Å². The van der Waals surface area contributed by atoms with Crippen molar-refractivity contribution in [3.63, 3.8) is 0 Å². The average Bonchev–Trinajstić information content (AvgIpc) is 3.17. The van der Waals surface area contributed by atoms with Crippen molar-refractivity contribution in [3.05, 3.63) is 64.3 Å². The Morgan fingerprint density at radius 3 is 2.68 bits per heavy atom. The fourth-order valence-electron chi connectivity index (χ4n) is 3.92. The number of benzene rings is 2. The molecule has 2 heterocycles. The minimum atomic E-state index is -4.58. The van der Waals surface area contributed by atoms with E-state index >= 15 is 0 Å². The van der Waals surface area contributed by atoms with Crippen molar-refractivity contribution >= 4 is 22.8 Å². The third-order valence-corrected chi connectivity index (χ3v) is 5.78. The summed E-state index contributed by atoms with van der Waals surface area (Å²) >= 11 is 0. The Morgan fingerprint density at radius 2 is 1.94 bits per heavy atom. The van der Waals surface area contributed by atoms with Gasteiger partial charge in [-0.15, -0.1) is 0 Å².